The van der Waals surface area contributed by atoms with Gasteiger partial charge in [-0.1, -0.05) is 76.9 Å². The van der Waals surface area contributed by atoms with Crippen molar-refractivity contribution in [3.05, 3.63) is 99.5 Å². The minimum absolute atomic E-state index is 0.0261. The third kappa shape index (κ3) is 8.14. The van der Waals surface area contributed by atoms with E-state index >= 15 is 0 Å². The van der Waals surface area contributed by atoms with Crippen molar-refractivity contribution in [2.24, 2.45) is 0 Å². The quantitative estimate of drug-likeness (QED) is 0.313. The van der Waals surface area contributed by atoms with E-state index in [0.717, 1.165) is 26.3 Å². The number of carbonyl (C=O) groups excluding carboxylic acids is 2. The highest BCUT2D eigenvalue weighted by molar-refractivity contribution is 9.10. The molecule has 0 fully saturated rings. The largest absolute Gasteiger partial charge is 0.354 e. The van der Waals surface area contributed by atoms with Gasteiger partial charge in [0.05, 0.1) is 11.4 Å². The SMILES string of the molecule is CCCNC(=O)[C@H](Cc1ccccc1)N(Cc1ccc(Br)cc1)C(=O)CN(C)S(=O)(=O)c1ccc(Cl)cc1. The molecule has 7 nitrogen and oxygen atoms in total. The summed E-state index contributed by atoms with van der Waals surface area (Å²) in [6.07, 6.45) is 1.03. The van der Waals surface area contributed by atoms with Gasteiger partial charge in [-0.15, -0.1) is 0 Å². The molecule has 3 aromatic carbocycles. The molecule has 1 N–H and O–H groups in total. The van der Waals surface area contributed by atoms with Gasteiger partial charge in [0.2, 0.25) is 21.8 Å². The molecule has 0 aliphatic rings. The number of nitrogens with one attached hydrogen (secondary N) is 1. The fraction of sp³-hybridized carbons (Fsp3) is 0.286. The first-order valence-electron chi connectivity index (χ1n) is 12.2. The Labute approximate surface area is 238 Å². The fourth-order valence-corrected chi connectivity index (χ4v) is 5.37. The zero-order valence-corrected chi connectivity index (χ0v) is 24.5. The van der Waals surface area contributed by atoms with Crippen LogP contribution in [0.1, 0.15) is 24.5 Å². The number of rotatable bonds is 12. The van der Waals surface area contributed by atoms with Crippen molar-refractivity contribution in [1.82, 2.24) is 14.5 Å². The Morgan fingerprint density at radius 3 is 2.18 bits per heavy atom. The molecule has 3 aromatic rings. The normalized spacial score (nSPS) is 12.2. The highest BCUT2D eigenvalue weighted by atomic mass is 79.9. The van der Waals surface area contributed by atoms with Crippen LogP contribution < -0.4 is 5.32 Å². The lowest BCUT2D eigenvalue weighted by Gasteiger charge is -2.32. The molecule has 0 aromatic heterocycles. The number of carbonyl (C=O) groups is 2. The summed E-state index contributed by atoms with van der Waals surface area (Å²) in [5.74, 6) is -0.773. The second-order valence-electron chi connectivity index (χ2n) is 8.86. The highest BCUT2D eigenvalue weighted by Gasteiger charge is 2.33. The third-order valence-corrected chi connectivity index (χ3v) is 8.56. The van der Waals surface area contributed by atoms with Gasteiger partial charge in [0.25, 0.3) is 0 Å². The zero-order valence-electron chi connectivity index (χ0n) is 21.3. The van der Waals surface area contributed by atoms with Gasteiger partial charge in [-0.2, -0.15) is 4.31 Å². The Morgan fingerprint density at radius 1 is 0.947 bits per heavy atom. The van der Waals surface area contributed by atoms with Crippen LogP contribution in [-0.2, 0) is 32.6 Å². The lowest BCUT2D eigenvalue weighted by Crippen LogP contribution is -2.53. The highest BCUT2D eigenvalue weighted by Crippen LogP contribution is 2.20. The first-order chi connectivity index (χ1) is 18.1. The molecule has 0 heterocycles. The summed E-state index contributed by atoms with van der Waals surface area (Å²) >= 11 is 9.33. The Bertz CT molecular complexity index is 1320. The monoisotopic (exact) mass is 619 g/mol. The van der Waals surface area contributed by atoms with Crippen LogP contribution in [0.4, 0.5) is 0 Å². The predicted molar refractivity (Wildman–Crippen MR) is 153 cm³/mol. The van der Waals surface area contributed by atoms with Crippen LogP contribution in [0.3, 0.4) is 0 Å². The molecule has 0 aliphatic heterocycles. The molecule has 202 valence electrons. The lowest BCUT2D eigenvalue weighted by molar-refractivity contribution is -0.141. The van der Waals surface area contributed by atoms with Crippen molar-refractivity contribution < 1.29 is 18.0 Å². The van der Waals surface area contributed by atoms with Crippen LogP contribution in [-0.4, -0.2) is 55.6 Å². The van der Waals surface area contributed by atoms with Crippen LogP contribution >= 0.6 is 27.5 Å². The predicted octanol–water partition coefficient (Wildman–Crippen LogP) is 4.89. The first-order valence-corrected chi connectivity index (χ1v) is 14.8. The molecular formula is C28H31BrClN3O4S. The number of benzene rings is 3. The molecular weight excluding hydrogens is 590 g/mol. The Balaban J connectivity index is 1.95. The average molecular weight is 621 g/mol. The Morgan fingerprint density at radius 2 is 1.58 bits per heavy atom. The van der Waals surface area contributed by atoms with Crippen molar-refractivity contribution in [3.63, 3.8) is 0 Å². The van der Waals surface area contributed by atoms with Crippen LogP contribution in [0.2, 0.25) is 5.02 Å². The van der Waals surface area contributed by atoms with Crippen molar-refractivity contribution in [2.75, 3.05) is 20.1 Å². The van der Waals surface area contributed by atoms with Gasteiger partial charge < -0.3 is 10.2 Å². The molecule has 0 radical (unpaired) electrons. The van der Waals surface area contributed by atoms with E-state index in [1.807, 2.05) is 61.5 Å². The van der Waals surface area contributed by atoms with E-state index in [9.17, 15) is 18.0 Å². The fourth-order valence-electron chi connectivity index (χ4n) is 3.86. The second-order valence-corrected chi connectivity index (χ2v) is 12.3. The standard InChI is InChI=1S/C28H31BrClN3O4S/c1-3-17-31-28(35)26(18-21-7-5-4-6-8-21)33(19-22-9-11-23(29)12-10-22)27(34)20-32(2)38(36,37)25-15-13-24(30)14-16-25/h4-16,26H,3,17-20H2,1-2H3,(H,31,35)/t26-/m0/s1. The van der Waals surface area contributed by atoms with Gasteiger partial charge in [0, 0.05) is 36.1 Å². The van der Waals surface area contributed by atoms with E-state index < -0.39 is 28.5 Å². The van der Waals surface area contributed by atoms with Gasteiger partial charge in [-0.3, -0.25) is 9.59 Å². The van der Waals surface area contributed by atoms with E-state index in [1.165, 1.54) is 36.2 Å². The molecule has 0 unspecified atom stereocenters. The Kier molecular flexibility index (Phi) is 10.9. The Hall–Kier alpha value is -2.72. The number of halogens is 2. The van der Waals surface area contributed by atoms with Gasteiger partial charge >= 0.3 is 0 Å². The molecule has 0 bridgehead atoms. The summed E-state index contributed by atoms with van der Waals surface area (Å²) in [5, 5.41) is 3.32. The topological polar surface area (TPSA) is 86.8 Å². The van der Waals surface area contributed by atoms with Gasteiger partial charge in [-0.25, -0.2) is 8.42 Å². The second kappa shape index (κ2) is 13.9. The third-order valence-electron chi connectivity index (χ3n) is 5.97. The van der Waals surface area contributed by atoms with E-state index in [0.29, 0.717) is 11.6 Å². The van der Waals surface area contributed by atoms with Crippen molar-refractivity contribution >= 4 is 49.4 Å². The maximum atomic E-state index is 13.8. The average Bonchev–Trinajstić information content (AvgIpc) is 2.91. The van der Waals surface area contributed by atoms with E-state index in [4.69, 9.17) is 11.6 Å². The molecule has 38 heavy (non-hydrogen) atoms. The zero-order chi connectivity index (χ0) is 27.7. The van der Waals surface area contributed by atoms with Gasteiger partial charge in [0.15, 0.2) is 0 Å². The number of sulfonamides is 1. The van der Waals surface area contributed by atoms with Gasteiger partial charge in [0.1, 0.15) is 6.04 Å². The number of amides is 2. The summed E-state index contributed by atoms with van der Waals surface area (Å²) in [6.45, 7) is 2.12. The molecule has 0 saturated heterocycles. The summed E-state index contributed by atoms with van der Waals surface area (Å²) in [4.78, 5) is 28.6. The van der Waals surface area contributed by atoms with Crippen LogP contribution in [0.15, 0.2) is 88.2 Å². The van der Waals surface area contributed by atoms with E-state index in [1.54, 1.807) is 0 Å². The maximum Gasteiger partial charge on any atom is 0.243 e. The van der Waals surface area contributed by atoms with Crippen LogP contribution in [0.5, 0.6) is 0 Å². The summed E-state index contributed by atoms with van der Waals surface area (Å²) in [7, 11) is -2.61. The smallest absolute Gasteiger partial charge is 0.243 e. The van der Waals surface area contributed by atoms with Gasteiger partial charge in [-0.05, 0) is 53.9 Å². The molecule has 1 atom stereocenters. The lowest BCUT2D eigenvalue weighted by atomic mass is 10.0. The maximum absolute atomic E-state index is 13.8. The molecule has 10 heteroatoms. The summed E-state index contributed by atoms with van der Waals surface area (Å²) < 4.78 is 28.2. The molecule has 3 rings (SSSR count). The van der Waals surface area contributed by atoms with Crippen LogP contribution in [0, 0.1) is 0 Å². The van der Waals surface area contributed by atoms with Crippen molar-refractivity contribution in [1.29, 1.82) is 0 Å². The van der Waals surface area contributed by atoms with Crippen LogP contribution in [0.25, 0.3) is 0 Å². The molecule has 0 spiro atoms. The molecule has 2 amide bonds. The van der Waals surface area contributed by atoms with Crippen molar-refractivity contribution in [3.8, 4) is 0 Å². The minimum atomic E-state index is -3.96. The number of nitrogens with zero attached hydrogens (tertiary/aromatic N) is 2. The number of likely N-dealkylation sites (N-methyl/N-ethyl adjacent to an activating group) is 1. The molecule has 0 aliphatic carbocycles. The number of hydrogen-bond acceptors (Lipinski definition) is 4. The minimum Gasteiger partial charge on any atom is -0.354 e. The molecule has 0 saturated carbocycles. The van der Waals surface area contributed by atoms with Crippen molar-refractivity contribution in [2.45, 2.75) is 37.2 Å². The van der Waals surface area contributed by atoms with E-state index in [2.05, 4.69) is 21.2 Å². The van der Waals surface area contributed by atoms with E-state index in [-0.39, 0.29) is 23.8 Å². The summed E-state index contributed by atoms with van der Waals surface area (Å²) in [5.41, 5.74) is 1.70. The number of hydrogen-bond donors (Lipinski definition) is 1. The first kappa shape index (κ1) is 29.8. The summed E-state index contributed by atoms with van der Waals surface area (Å²) in [6, 6.07) is 21.8.